The molecule has 90 heavy (non-hydrogen) atoms. The minimum Gasteiger partial charge on any atom is -0.0856 e. The minimum atomic E-state index is 1.17. The van der Waals surface area contributed by atoms with E-state index in [0.717, 1.165) is 0 Å². The second-order valence-corrected chi connectivity index (χ2v) is 28.5. The Morgan fingerprint density at radius 2 is 0.189 bits per heavy atom. The molecule has 0 N–H and O–H groups in total. The van der Waals surface area contributed by atoms with Crippen molar-refractivity contribution in [3.05, 3.63) is 210 Å². The predicted octanol–water partition coefficient (Wildman–Crippen LogP) is 31.8. The summed E-state index contributed by atoms with van der Waals surface area (Å²) in [4.78, 5) is 0. The lowest BCUT2D eigenvalue weighted by molar-refractivity contribution is 0.896. The molecule has 0 saturated carbocycles. The average Bonchev–Trinajstić information content (AvgIpc) is 3.49. The Morgan fingerprint density at radius 3 is 0.278 bits per heavy atom. The topological polar surface area (TPSA) is 0 Å². The molecule has 0 unspecified atom stereocenters. The second kappa shape index (κ2) is 61.8. The Labute approximate surface area is 565 Å². The van der Waals surface area contributed by atoms with Crippen LogP contribution in [0.25, 0.3) is 0 Å². The van der Waals surface area contributed by atoms with E-state index in [1.807, 2.05) is 0 Å². The SMILES string of the molecule is CC(C)=CCCC(C)=CCCC(C)=CCCC=C(C)CCC=C(C)CCC=C(C)C.CC(C)=CCCC(C)=CCCC(C)=CCCC=C(C)CCC=C(C)CCC=C(C)C.CC(C)=CCCC(C)=CCCC(C)=CCCC=C(C)CCC=C(C)CCC=C(C)C. The molecule has 0 spiro atoms. The van der Waals surface area contributed by atoms with Gasteiger partial charge in [0.25, 0.3) is 0 Å². The third kappa shape index (κ3) is 72.4. The predicted molar refractivity (Wildman–Crippen MR) is 420 cm³/mol. The molecule has 510 valence electrons. The second-order valence-electron chi connectivity index (χ2n) is 28.5. The molecule has 0 aliphatic heterocycles. The molecule has 0 bridgehead atoms. The Kier molecular flexibility index (Phi) is 61.5. The normalized spacial score (nSPS) is 13.5. The van der Waals surface area contributed by atoms with Gasteiger partial charge in [0.2, 0.25) is 0 Å². The molecule has 0 saturated heterocycles. The lowest BCUT2D eigenvalue weighted by atomic mass is 10.0. The van der Waals surface area contributed by atoms with Crippen molar-refractivity contribution < 1.29 is 0 Å². The summed E-state index contributed by atoms with van der Waals surface area (Å²) < 4.78 is 0. The van der Waals surface area contributed by atoms with Gasteiger partial charge in [0.1, 0.15) is 0 Å². The molecule has 0 fully saturated rings. The molecule has 0 atom stereocenters. The highest BCUT2D eigenvalue weighted by molar-refractivity contribution is 5.13. The van der Waals surface area contributed by atoms with E-state index in [4.69, 9.17) is 0 Å². The van der Waals surface area contributed by atoms with Crippen molar-refractivity contribution in [1.29, 1.82) is 0 Å². The molecule has 0 heteroatoms. The molecule has 0 amide bonds. The molecule has 0 radical (unpaired) electrons. The Balaban J connectivity index is -0.00000126. The van der Waals surface area contributed by atoms with Crippen molar-refractivity contribution in [2.45, 2.75) is 359 Å². The van der Waals surface area contributed by atoms with Crippen LogP contribution >= 0.6 is 0 Å². The first-order chi connectivity index (χ1) is 42.6. The van der Waals surface area contributed by atoms with E-state index >= 15 is 0 Å². The van der Waals surface area contributed by atoms with Crippen molar-refractivity contribution >= 4 is 0 Å². The van der Waals surface area contributed by atoms with Gasteiger partial charge in [-0.25, -0.2) is 0 Å². The first-order valence-electron chi connectivity index (χ1n) is 36.3. The molecular formula is C90H150. The molecule has 0 heterocycles. The van der Waals surface area contributed by atoms with Gasteiger partial charge in [-0.2, -0.15) is 0 Å². The lowest BCUT2D eigenvalue weighted by Crippen LogP contribution is -1.82. The molecule has 0 nitrogen and oxygen atoms in total. The third-order valence-electron chi connectivity index (χ3n) is 16.2. The number of rotatable bonds is 45. The Morgan fingerprint density at radius 1 is 0.111 bits per heavy atom. The highest BCUT2D eigenvalue weighted by Crippen LogP contribution is 2.19. The van der Waals surface area contributed by atoms with Gasteiger partial charge in [0.15, 0.2) is 0 Å². The van der Waals surface area contributed by atoms with Crippen LogP contribution in [0.4, 0.5) is 0 Å². The van der Waals surface area contributed by atoms with Gasteiger partial charge in [0, 0.05) is 0 Å². The first-order valence-corrected chi connectivity index (χ1v) is 36.3. The number of unbranched alkanes of at least 4 members (excludes halogenated alkanes) is 3. The van der Waals surface area contributed by atoms with Gasteiger partial charge in [0.05, 0.1) is 0 Å². The average molecular weight is 1230 g/mol. The van der Waals surface area contributed by atoms with Gasteiger partial charge >= 0.3 is 0 Å². The summed E-state index contributed by atoms with van der Waals surface area (Å²) in [6.07, 6.45) is 78.7. The Bertz CT molecular complexity index is 2010. The maximum atomic E-state index is 2.43. The van der Waals surface area contributed by atoms with E-state index in [9.17, 15) is 0 Å². The summed E-state index contributed by atoms with van der Waals surface area (Å²) in [5.74, 6) is 0. The van der Waals surface area contributed by atoms with E-state index in [-0.39, 0.29) is 0 Å². The van der Waals surface area contributed by atoms with E-state index in [0.29, 0.717) is 0 Å². The van der Waals surface area contributed by atoms with Crippen LogP contribution in [-0.4, -0.2) is 0 Å². The molecule has 0 aliphatic rings. The van der Waals surface area contributed by atoms with Gasteiger partial charge in [-0.15, -0.1) is 0 Å². The molecular weight excluding hydrogens is 1080 g/mol. The van der Waals surface area contributed by atoms with Crippen molar-refractivity contribution in [2.24, 2.45) is 0 Å². The fourth-order valence-corrected chi connectivity index (χ4v) is 10.0. The van der Waals surface area contributed by atoms with Crippen LogP contribution in [0.15, 0.2) is 210 Å². The molecule has 0 rings (SSSR count). The summed E-state index contributed by atoms with van der Waals surface area (Å²) >= 11 is 0. The van der Waals surface area contributed by atoms with E-state index < -0.39 is 0 Å². The van der Waals surface area contributed by atoms with Crippen molar-refractivity contribution in [2.75, 3.05) is 0 Å². The third-order valence-corrected chi connectivity index (χ3v) is 16.2. The molecule has 0 aliphatic carbocycles. The highest BCUT2D eigenvalue weighted by atomic mass is 14.1. The van der Waals surface area contributed by atoms with Crippen LogP contribution in [0.3, 0.4) is 0 Å². The largest absolute Gasteiger partial charge is 0.0856 e. The lowest BCUT2D eigenvalue weighted by Gasteiger charge is -2.02. The summed E-state index contributed by atoms with van der Waals surface area (Å²) in [6, 6.07) is 0. The van der Waals surface area contributed by atoms with Crippen LogP contribution in [0.1, 0.15) is 359 Å². The van der Waals surface area contributed by atoms with Gasteiger partial charge in [-0.1, -0.05) is 210 Å². The fourth-order valence-electron chi connectivity index (χ4n) is 10.0. The van der Waals surface area contributed by atoms with Crippen LogP contribution in [0.5, 0.6) is 0 Å². The number of hydrogen-bond acceptors (Lipinski definition) is 0. The maximum Gasteiger partial charge on any atom is -0.0288 e. The Hall–Kier alpha value is -4.68. The molecule has 0 aromatic carbocycles. The van der Waals surface area contributed by atoms with Crippen molar-refractivity contribution in [1.82, 2.24) is 0 Å². The van der Waals surface area contributed by atoms with Gasteiger partial charge in [-0.3, -0.25) is 0 Å². The summed E-state index contributed by atoms with van der Waals surface area (Å²) in [6.45, 7) is 53.4. The van der Waals surface area contributed by atoms with Crippen molar-refractivity contribution in [3.63, 3.8) is 0 Å². The zero-order valence-electron chi connectivity index (χ0n) is 64.6. The monoisotopic (exact) mass is 1230 g/mol. The summed E-state index contributed by atoms with van der Waals surface area (Å²) in [5, 5.41) is 0. The van der Waals surface area contributed by atoms with Crippen LogP contribution in [0, 0.1) is 0 Å². The summed E-state index contributed by atoms with van der Waals surface area (Å²) in [5.41, 5.74) is 26.9. The molecule has 0 aromatic rings. The number of hydrogen-bond donors (Lipinski definition) is 0. The van der Waals surface area contributed by atoms with Crippen LogP contribution in [-0.2, 0) is 0 Å². The minimum absolute atomic E-state index is 1.17. The number of allylic oxidation sites excluding steroid dienone is 36. The van der Waals surface area contributed by atoms with Crippen LogP contribution < -0.4 is 0 Å². The highest BCUT2D eigenvalue weighted by Gasteiger charge is 1.99. The van der Waals surface area contributed by atoms with Crippen LogP contribution in [0.2, 0.25) is 0 Å². The zero-order chi connectivity index (χ0) is 68.3. The van der Waals surface area contributed by atoms with Gasteiger partial charge in [-0.05, 0) is 359 Å². The van der Waals surface area contributed by atoms with Crippen molar-refractivity contribution in [3.8, 4) is 0 Å². The van der Waals surface area contributed by atoms with E-state index in [1.165, 1.54) is 293 Å². The van der Waals surface area contributed by atoms with E-state index in [1.54, 1.807) is 0 Å². The zero-order valence-corrected chi connectivity index (χ0v) is 64.6. The smallest absolute Gasteiger partial charge is 0.0288 e. The van der Waals surface area contributed by atoms with Gasteiger partial charge < -0.3 is 0 Å². The maximum absolute atomic E-state index is 2.43. The standard InChI is InChI=1S/3C30H50/c3*1-25(2)15-11-19-29(7)23-13-21-27(5)17-9-10-18-28(6)22-14-24-30(8)20-12-16-26(3)4/h3*15-18,23-24H,9-14,19-22H2,1-8H3. The first kappa shape index (κ1) is 89.5. The summed E-state index contributed by atoms with van der Waals surface area (Å²) in [7, 11) is 0. The quantitative estimate of drug-likeness (QED) is 0.0421. The van der Waals surface area contributed by atoms with E-state index in [2.05, 4.69) is 276 Å². The fraction of sp³-hybridized carbons (Fsp3) is 0.600. The molecule has 0 aromatic heterocycles.